The van der Waals surface area contributed by atoms with Gasteiger partial charge in [0, 0.05) is 17.9 Å². The summed E-state index contributed by atoms with van der Waals surface area (Å²) in [5.74, 6) is -0.118. The molecule has 1 rings (SSSR count). The molecule has 0 bridgehead atoms. The molecule has 7 heteroatoms. The van der Waals surface area contributed by atoms with Crippen LogP contribution in [-0.4, -0.2) is 29.9 Å². The minimum absolute atomic E-state index is 0.118. The average Bonchev–Trinajstić information content (AvgIpc) is 2.18. The second-order valence-electron chi connectivity index (χ2n) is 3.42. The Kier molecular flexibility index (Phi) is 4.72. The molecular formula is C9H13NO4S2. The van der Waals surface area contributed by atoms with Gasteiger partial charge in [-0.1, -0.05) is 0 Å². The lowest BCUT2D eigenvalue weighted by molar-refractivity contribution is -0.702. The van der Waals surface area contributed by atoms with Crippen molar-refractivity contribution in [2.45, 2.75) is 19.6 Å². The third kappa shape index (κ3) is 5.45. The van der Waals surface area contributed by atoms with Crippen LogP contribution in [0.25, 0.3) is 0 Å². The van der Waals surface area contributed by atoms with Gasteiger partial charge in [0.05, 0.1) is 0 Å². The van der Waals surface area contributed by atoms with Crippen LogP contribution in [0, 0.1) is 6.92 Å². The number of aromatic nitrogens is 1. The fraction of sp³-hybridized carbons (Fsp3) is 0.444. The summed E-state index contributed by atoms with van der Waals surface area (Å²) in [5.41, 5.74) is 1.10. The minimum atomic E-state index is -4.32. The predicted molar refractivity (Wildman–Crippen MR) is 59.5 cm³/mol. The highest BCUT2D eigenvalue weighted by Gasteiger charge is 2.12. The van der Waals surface area contributed by atoms with E-state index >= 15 is 0 Å². The monoisotopic (exact) mass is 263 g/mol. The Balaban J connectivity index is 2.45. The molecule has 0 aliphatic rings. The summed E-state index contributed by atoms with van der Waals surface area (Å²) in [4.78, 5) is 0. The summed E-state index contributed by atoms with van der Waals surface area (Å²) in [6.45, 7) is 2.21. The molecule has 1 atom stereocenters. The molecule has 0 amide bonds. The van der Waals surface area contributed by atoms with Gasteiger partial charge in [-0.3, -0.25) is 0 Å². The van der Waals surface area contributed by atoms with Crippen LogP contribution in [0.1, 0.15) is 5.56 Å². The normalized spacial score (nSPS) is 13.7. The molecule has 1 N–H and O–H groups in total. The molecule has 0 spiro atoms. The van der Waals surface area contributed by atoms with Crippen LogP contribution in [0.4, 0.5) is 0 Å². The number of aryl methyl sites for hydroxylation is 1. The van der Waals surface area contributed by atoms with Gasteiger partial charge < -0.3 is 9.66 Å². The van der Waals surface area contributed by atoms with Gasteiger partial charge in [0.1, 0.15) is 15.3 Å². The van der Waals surface area contributed by atoms with Crippen molar-refractivity contribution in [2.24, 2.45) is 0 Å². The molecule has 1 aromatic rings. The molecule has 0 saturated heterocycles. The average molecular weight is 263 g/mol. The minimum Gasteiger partial charge on any atom is -0.739 e. The summed E-state index contributed by atoms with van der Waals surface area (Å²) < 4.78 is 32.7. The van der Waals surface area contributed by atoms with Crippen LogP contribution in [0.2, 0.25) is 0 Å². The number of hydrogen-bond donors (Lipinski definition) is 1. The Morgan fingerprint density at radius 1 is 1.50 bits per heavy atom. The molecule has 0 aromatic carbocycles. The van der Waals surface area contributed by atoms with E-state index < -0.39 is 15.3 Å². The largest absolute Gasteiger partial charge is 0.739 e. The molecule has 90 valence electrons. The van der Waals surface area contributed by atoms with Gasteiger partial charge in [-0.25, -0.2) is 13.0 Å². The van der Waals surface area contributed by atoms with E-state index in [-0.39, 0.29) is 23.1 Å². The van der Waals surface area contributed by atoms with Crippen molar-refractivity contribution >= 4 is 19.9 Å². The summed E-state index contributed by atoms with van der Waals surface area (Å²) in [6, 6.07) is 3.76. The molecular weight excluding hydrogens is 250 g/mol. The van der Waals surface area contributed by atoms with Gasteiger partial charge in [-0.2, -0.15) is 0 Å². The molecule has 0 saturated carbocycles. The van der Waals surface area contributed by atoms with Crippen LogP contribution >= 0.6 is 10.8 Å². The molecule has 0 fully saturated rings. The Hall–Kier alpha value is -0.630. The molecule has 16 heavy (non-hydrogen) atoms. The van der Waals surface area contributed by atoms with Crippen molar-refractivity contribution in [3.63, 3.8) is 0 Å². The van der Waals surface area contributed by atoms with E-state index in [1.165, 1.54) is 0 Å². The number of aliphatic hydroxyl groups is 1. The van der Waals surface area contributed by atoms with Crippen LogP contribution in [0.3, 0.4) is 0 Å². The van der Waals surface area contributed by atoms with Gasteiger partial charge in [-0.15, -0.1) is 0 Å². The first-order chi connectivity index (χ1) is 7.37. The van der Waals surface area contributed by atoms with Crippen LogP contribution in [0.15, 0.2) is 24.5 Å². The van der Waals surface area contributed by atoms with Crippen molar-refractivity contribution in [3.05, 3.63) is 30.1 Å². The van der Waals surface area contributed by atoms with Gasteiger partial charge >= 0.3 is 0 Å². The van der Waals surface area contributed by atoms with Crippen LogP contribution in [-0.2, 0) is 15.7 Å². The Bertz CT molecular complexity index is 429. The highest BCUT2D eigenvalue weighted by molar-refractivity contribution is 8.69. The fourth-order valence-electron chi connectivity index (χ4n) is 1.11. The van der Waals surface area contributed by atoms with E-state index in [4.69, 9.17) is 0 Å². The zero-order chi connectivity index (χ0) is 12.2. The quantitative estimate of drug-likeness (QED) is 0.453. The second-order valence-corrected chi connectivity index (χ2v) is 6.74. The Morgan fingerprint density at radius 2 is 2.06 bits per heavy atom. The first-order valence-corrected chi connectivity index (χ1v) is 7.52. The lowest BCUT2D eigenvalue weighted by Crippen LogP contribution is -2.40. The van der Waals surface area contributed by atoms with Crippen molar-refractivity contribution in [1.29, 1.82) is 0 Å². The van der Waals surface area contributed by atoms with E-state index in [1.54, 1.807) is 17.0 Å². The number of hydrogen-bond acceptors (Lipinski definition) is 5. The highest BCUT2D eigenvalue weighted by atomic mass is 33.1. The standard InChI is InChI=1S/C9H13NO4S2/c1-8-2-4-10(5-3-8)6-9(11)7-15-16(12,13)14/h2-5,9,11H,6-7H2,1H3. The smallest absolute Gasteiger partial charge is 0.174 e. The van der Waals surface area contributed by atoms with Gasteiger partial charge in [0.2, 0.25) is 0 Å². The number of nitrogens with zero attached hydrogens (tertiary/aromatic N) is 1. The summed E-state index contributed by atoms with van der Waals surface area (Å²) in [7, 11) is -4.10. The summed E-state index contributed by atoms with van der Waals surface area (Å²) in [6.07, 6.45) is 2.71. The topological polar surface area (TPSA) is 81.3 Å². The van der Waals surface area contributed by atoms with Crippen molar-refractivity contribution in [2.75, 3.05) is 5.75 Å². The number of aliphatic hydroxyl groups excluding tert-OH is 1. The molecule has 1 heterocycles. The maximum atomic E-state index is 10.3. The van der Waals surface area contributed by atoms with Crippen molar-refractivity contribution in [3.8, 4) is 0 Å². The number of pyridine rings is 1. The van der Waals surface area contributed by atoms with Crippen LogP contribution in [0.5, 0.6) is 0 Å². The highest BCUT2D eigenvalue weighted by Crippen LogP contribution is 2.10. The van der Waals surface area contributed by atoms with Gasteiger partial charge in [0.25, 0.3) is 0 Å². The fourth-order valence-corrected chi connectivity index (χ4v) is 2.51. The third-order valence-electron chi connectivity index (χ3n) is 1.88. The SMILES string of the molecule is Cc1cc[n+](CC(O)CSS(=O)(=O)[O-])cc1. The lowest BCUT2D eigenvalue weighted by atomic mass is 10.3. The van der Waals surface area contributed by atoms with Gasteiger partial charge in [-0.05, 0) is 23.3 Å². The lowest BCUT2D eigenvalue weighted by Gasteiger charge is -2.09. The van der Waals surface area contributed by atoms with E-state index in [2.05, 4.69) is 0 Å². The molecule has 0 aliphatic carbocycles. The van der Waals surface area contributed by atoms with Crippen LogP contribution < -0.4 is 4.57 Å². The number of rotatable bonds is 5. The summed E-state index contributed by atoms with van der Waals surface area (Å²) in [5, 5.41) is 9.49. The van der Waals surface area contributed by atoms with E-state index in [0.29, 0.717) is 0 Å². The second kappa shape index (κ2) is 5.62. The third-order valence-corrected chi connectivity index (χ3v) is 3.97. The Morgan fingerprint density at radius 3 is 2.56 bits per heavy atom. The van der Waals surface area contributed by atoms with Crippen molar-refractivity contribution < 1.29 is 22.6 Å². The maximum Gasteiger partial charge on any atom is 0.174 e. The zero-order valence-electron chi connectivity index (χ0n) is 8.74. The van der Waals surface area contributed by atoms with Crippen molar-refractivity contribution in [1.82, 2.24) is 0 Å². The zero-order valence-corrected chi connectivity index (χ0v) is 10.4. The first kappa shape index (κ1) is 13.4. The molecule has 1 unspecified atom stereocenters. The van der Waals surface area contributed by atoms with E-state index in [0.717, 1.165) is 5.56 Å². The molecule has 5 nitrogen and oxygen atoms in total. The first-order valence-electron chi connectivity index (χ1n) is 4.61. The van der Waals surface area contributed by atoms with E-state index in [9.17, 15) is 18.1 Å². The predicted octanol–water partition coefficient (Wildman–Crippen LogP) is -0.163. The van der Waals surface area contributed by atoms with E-state index in [1.807, 2.05) is 19.1 Å². The molecule has 1 aromatic heterocycles. The summed E-state index contributed by atoms with van der Waals surface area (Å²) >= 11 is 0. The molecule has 0 aliphatic heterocycles. The Labute approximate surface area is 98.3 Å². The molecule has 0 radical (unpaired) electrons. The maximum absolute atomic E-state index is 10.3. The van der Waals surface area contributed by atoms with Gasteiger partial charge in [0.15, 0.2) is 18.9 Å².